The van der Waals surface area contributed by atoms with E-state index in [2.05, 4.69) is 40.8 Å². The fourth-order valence-electron chi connectivity index (χ4n) is 4.55. The Balaban J connectivity index is 1.66. The van der Waals surface area contributed by atoms with Crippen LogP contribution >= 0.6 is 36.9 Å². The van der Waals surface area contributed by atoms with Crippen LogP contribution in [0.15, 0.2) is 42.5 Å². The Hall–Kier alpha value is -2.67. The molecule has 0 aromatic heterocycles. The Morgan fingerprint density at radius 1 is 1.02 bits per heavy atom. The first-order valence-electron chi connectivity index (χ1n) is 13.4. The van der Waals surface area contributed by atoms with Gasteiger partial charge in [-0.15, -0.1) is 0 Å². The summed E-state index contributed by atoms with van der Waals surface area (Å²) in [4.78, 5) is 43.9. The van der Waals surface area contributed by atoms with E-state index in [1.54, 1.807) is 40.1 Å². The summed E-state index contributed by atoms with van der Waals surface area (Å²) in [5.74, 6) is 0.240. The fraction of sp³-hybridized carbons (Fsp3) is 0.464. The van der Waals surface area contributed by atoms with Gasteiger partial charge in [-0.3, -0.25) is 19.3 Å². The molecule has 0 spiro atoms. The average Bonchev–Trinajstić information content (AvgIpc) is 2.95. The van der Waals surface area contributed by atoms with Gasteiger partial charge in [0.1, 0.15) is 11.6 Å². The Bertz CT molecular complexity index is 1150. The predicted molar refractivity (Wildman–Crippen MR) is 166 cm³/mol. The molecule has 2 aromatic carbocycles. The Morgan fingerprint density at radius 3 is 2.24 bits per heavy atom. The molecule has 1 aliphatic rings. The standard InChI is InChI=1S/C28H37ClFN5O4S2/c1-20-15-33(16-21-2-5-23(30)6-3-21)10-11-35(20)28(38)19-39-25-7-4-22(29)14-24(25)34(17-26(36)31-8-12-40)18-27(37)32-9-13-41/h2-7,14,20,40-41H,8-13,15-19H2,1H3,(H,31,36)(H,32,37)/t20-/m1/s1. The summed E-state index contributed by atoms with van der Waals surface area (Å²) in [5.41, 5.74) is 1.43. The van der Waals surface area contributed by atoms with Crippen molar-refractivity contribution < 1.29 is 23.5 Å². The van der Waals surface area contributed by atoms with Crippen LogP contribution in [0, 0.1) is 5.82 Å². The van der Waals surface area contributed by atoms with Crippen molar-refractivity contribution in [2.24, 2.45) is 0 Å². The SMILES string of the molecule is C[C@@H]1CN(Cc2ccc(F)cc2)CCN1C(=O)COc1ccc(Cl)cc1N(CC(=O)NCCS)CC(=O)NCCS. The van der Waals surface area contributed by atoms with Crippen LogP contribution in [-0.2, 0) is 20.9 Å². The Labute approximate surface area is 256 Å². The van der Waals surface area contributed by atoms with Crippen molar-refractivity contribution in [2.45, 2.75) is 19.5 Å². The number of nitrogens with zero attached hydrogens (tertiary/aromatic N) is 3. The van der Waals surface area contributed by atoms with E-state index in [1.165, 1.54) is 12.1 Å². The summed E-state index contributed by atoms with van der Waals surface area (Å²) in [6, 6.07) is 11.2. The van der Waals surface area contributed by atoms with Crippen molar-refractivity contribution in [1.29, 1.82) is 0 Å². The van der Waals surface area contributed by atoms with E-state index < -0.39 is 0 Å². The van der Waals surface area contributed by atoms with Crippen LogP contribution in [0.1, 0.15) is 12.5 Å². The van der Waals surface area contributed by atoms with Crippen molar-refractivity contribution in [2.75, 3.05) is 68.8 Å². The van der Waals surface area contributed by atoms with Crippen LogP contribution in [-0.4, -0.2) is 97.5 Å². The lowest BCUT2D eigenvalue weighted by atomic mass is 10.1. The van der Waals surface area contributed by atoms with Gasteiger partial charge in [0, 0.05) is 61.8 Å². The maximum atomic E-state index is 13.2. The molecule has 1 saturated heterocycles. The molecule has 9 nitrogen and oxygen atoms in total. The van der Waals surface area contributed by atoms with Crippen molar-refractivity contribution in [3.63, 3.8) is 0 Å². The van der Waals surface area contributed by atoms with Gasteiger partial charge in [0.05, 0.1) is 18.8 Å². The average molecular weight is 626 g/mol. The van der Waals surface area contributed by atoms with E-state index in [-0.39, 0.29) is 49.3 Å². The Kier molecular flexibility index (Phi) is 13.4. The monoisotopic (exact) mass is 625 g/mol. The number of thiol groups is 2. The predicted octanol–water partition coefficient (Wildman–Crippen LogP) is 2.49. The zero-order valence-electron chi connectivity index (χ0n) is 23.0. The molecule has 224 valence electrons. The molecule has 0 saturated carbocycles. The van der Waals surface area contributed by atoms with Crippen LogP contribution in [0.5, 0.6) is 5.75 Å². The van der Waals surface area contributed by atoms with Gasteiger partial charge in [0.2, 0.25) is 11.8 Å². The minimum Gasteiger partial charge on any atom is -0.482 e. The Morgan fingerprint density at radius 2 is 1.66 bits per heavy atom. The first-order chi connectivity index (χ1) is 19.7. The van der Waals surface area contributed by atoms with E-state index in [9.17, 15) is 18.8 Å². The van der Waals surface area contributed by atoms with Crippen LogP contribution in [0.4, 0.5) is 10.1 Å². The summed E-state index contributed by atoms with van der Waals surface area (Å²) in [5, 5.41) is 5.88. The number of carbonyl (C=O) groups is 3. The van der Waals surface area contributed by atoms with Crippen LogP contribution in [0.3, 0.4) is 0 Å². The van der Waals surface area contributed by atoms with E-state index in [0.29, 0.717) is 67.2 Å². The zero-order valence-corrected chi connectivity index (χ0v) is 25.6. The smallest absolute Gasteiger partial charge is 0.260 e. The highest BCUT2D eigenvalue weighted by molar-refractivity contribution is 7.80. The third-order valence-electron chi connectivity index (χ3n) is 6.50. The van der Waals surface area contributed by atoms with Gasteiger partial charge in [-0.2, -0.15) is 25.3 Å². The molecular formula is C28H37ClFN5O4S2. The second kappa shape index (κ2) is 16.7. The number of carbonyl (C=O) groups excluding carboxylic acids is 3. The maximum absolute atomic E-state index is 13.2. The fourth-order valence-corrected chi connectivity index (χ4v) is 4.94. The minimum atomic E-state index is -0.296. The molecule has 1 atom stereocenters. The number of amides is 3. The second-order valence-corrected chi connectivity index (χ2v) is 11.0. The molecule has 3 amide bonds. The summed E-state index contributed by atoms with van der Waals surface area (Å²) in [7, 11) is 0. The van der Waals surface area contributed by atoms with Crippen molar-refractivity contribution in [3.05, 3.63) is 58.9 Å². The number of anilines is 1. The number of piperazine rings is 1. The molecule has 1 fully saturated rings. The van der Waals surface area contributed by atoms with Gasteiger partial charge in [0.25, 0.3) is 5.91 Å². The lowest BCUT2D eigenvalue weighted by Gasteiger charge is -2.40. The second-order valence-electron chi connectivity index (χ2n) is 9.70. The number of halogens is 2. The van der Waals surface area contributed by atoms with Crippen molar-refractivity contribution >= 4 is 60.3 Å². The molecule has 13 heteroatoms. The molecule has 0 radical (unpaired) electrons. The van der Waals surface area contributed by atoms with E-state index in [4.69, 9.17) is 16.3 Å². The molecule has 1 aliphatic heterocycles. The van der Waals surface area contributed by atoms with Gasteiger partial charge in [-0.1, -0.05) is 23.7 Å². The lowest BCUT2D eigenvalue weighted by Crippen LogP contribution is -2.54. The van der Waals surface area contributed by atoms with Crippen molar-refractivity contribution in [3.8, 4) is 5.75 Å². The van der Waals surface area contributed by atoms with Gasteiger partial charge in [-0.05, 0) is 42.8 Å². The highest BCUT2D eigenvalue weighted by atomic mass is 35.5. The summed E-state index contributed by atoms with van der Waals surface area (Å²) < 4.78 is 19.2. The van der Waals surface area contributed by atoms with Gasteiger partial charge in [-0.25, -0.2) is 4.39 Å². The molecule has 3 rings (SSSR count). The van der Waals surface area contributed by atoms with Gasteiger partial charge < -0.3 is 25.2 Å². The number of hydrogen-bond acceptors (Lipinski definition) is 8. The third-order valence-corrected chi connectivity index (χ3v) is 7.18. The van der Waals surface area contributed by atoms with E-state index >= 15 is 0 Å². The maximum Gasteiger partial charge on any atom is 0.260 e. The van der Waals surface area contributed by atoms with Crippen molar-refractivity contribution in [1.82, 2.24) is 20.4 Å². The van der Waals surface area contributed by atoms with Crippen LogP contribution in [0.25, 0.3) is 0 Å². The topological polar surface area (TPSA) is 94.2 Å². The van der Waals surface area contributed by atoms with Crippen LogP contribution < -0.4 is 20.3 Å². The van der Waals surface area contributed by atoms with Crippen LogP contribution in [0.2, 0.25) is 5.02 Å². The number of ether oxygens (including phenoxy) is 1. The highest BCUT2D eigenvalue weighted by Crippen LogP contribution is 2.31. The first-order valence-corrected chi connectivity index (χ1v) is 15.0. The molecule has 0 bridgehead atoms. The van der Waals surface area contributed by atoms with E-state index in [0.717, 1.165) is 5.56 Å². The molecular weight excluding hydrogens is 589 g/mol. The normalized spacial score (nSPS) is 15.3. The molecule has 41 heavy (non-hydrogen) atoms. The number of nitrogens with one attached hydrogen (secondary N) is 2. The van der Waals surface area contributed by atoms with Gasteiger partial charge >= 0.3 is 0 Å². The molecule has 0 unspecified atom stereocenters. The summed E-state index contributed by atoms with van der Waals surface area (Å²) >= 11 is 14.5. The highest BCUT2D eigenvalue weighted by Gasteiger charge is 2.28. The number of rotatable bonds is 14. The van der Waals surface area contributed by atoms with Gasteiger partial charge in [0.15, 0.2) is 6.61 Å². The summed E-state index contributed by atoms with van der Waals surface area (Å²) in [6.07, 6.45) is 0. The zero-order chi connectivity index (χ0) is 29.8. The lowest BCUT2D eigenvalue weighted by molar-refractivity contribution is -0.138. The number of benzene rings is 2. The molecule has 1 heterocycles. The molecule has 2 N–H and O–H groups in total. The largest absolute Gasteiger partial charge is 0.482 e. The first kappa shape index (κ1) is 32.8. The minimum absolute atomic E-state index is 0.0486. The molecule has 2 aromatic rings. The number of hydrogen-bond donors (Lipinski definition) is 4. The quantitative estimate of drug-likeness (QED) is 0.241. The molecule has 0 aliphatic carbocycles. The van der Waals surface area contributed by atoms with E-state index in [1.807, 2.05) is 6.92 Å². The summed E-state index contributed by atoms with van der Waals surface area (Å²) in [6.45, 7) is 4.83. The third kappa shape index (κ3) is 10.6.